The van der Waals surface area contributed by atoms with E-state index in [1.807, 2.05) is 11.5 Å². The van der Waals surface area contributed by atoms with Gasteiger partial charge in [0.05, 0.1) is 11.4 Å². The van der Waals surface area contributed by atoms with Crippen molar-refractivity contribution in [2.24, 2.45) is 5.73 Å². The summed E-state index contributed by atoms with van der Waals surface area (Å²) in [5.74, 6) is 0.570. The van der Waals surface area contributed by atoms with Crippen molar-refractivity contribution in [3.8, 4) is 0 Å². The van der Waals surface area contributed by atoms with E-state index < -0.39 is 10.0 Å². The molecule has 0 amide bonds. The van der Waals surface area contributed by atoms with Crippen LogP contribution in [-0.4, -0.2) is 23.0 Å². The predicted octanol–water partition coefficient (Wildman–Crippen LogP) is 0.558. The first kappa shape index (κ1) is 14.8. The molecule has 0 saturated carbocycles. The average molecular weight is 297 g/mol. The number of aryl methyl sites for hydroxylation is 1. The summed E-state index contributed by atoms with van der Waals surface area (Å²) in [4.78, 5) is 7.05. The van der Waals surface area contributed by atoms with E-state index in [9.17, 15) is 8.42 Å². The first-order valence-electron chi connectivity index (χ1n) is 6.44. The molecule has 2 aromatic rings. The maximum Gasteiger partial charge on any atom is 0.242 e. The summed E-state index contributed by atoms with van der Waals surface area (Å²) in [6.45, 7) is 3.23. The van der Waals surface area contributed by atoms with E-state index in [0.29, 0.717) is 12.4 Å². The molecule has 0 spiro atoms. The molecule has 4 N–H and O–H groups in total. The zero-order valence-corrected chi connectivity index (χ0v) is 12.2. The van der Waals surface area contributed by atoms with Gasteiger partial charge in [0, 0.05) is 37.4 Å². The van der Waals surface area contributed by atoms with Crippen molar-refractivity contribution in [3.63, 3.8) is 0 Å². The van der Waals surface area contributed by atoms with Crippen LogP contribution in [0.2, 0.25) is 0 Å². The number of nitrogens with two attached hydrogens (primary N) is 1. The molecule has 0 aliphatic carbocycles. The number of hydrogen-bond acceptors (Lipinski definition) is 4. The molecule has 0 aliphatic heterocycles. The van der Waals surface area contributed by atoms with Crippen LogP contribution in [0.3, 0.4) is 0 Å². The van der Waals surface area contributed by atoms with E-state index in [1.165, 1.54) is 0 Å². The van der Waals surface area contributed by atoms with Crippen molar-refractivity contribution < 1.29 is 8.42 Å². The highest BCUT2D eigenvalue weighted by atomic mass is 32.2. The second-order valence-corrected chi connectivity index (χ2v) is 6.19. The molecule has 0 aromatic carbocycles. The van der Waals surface area contributed by atoms with Gasteiger partial charge in [0.25, 0.3) is 0 Å². The third kappa shape index (κ3) is 3.27. The van der Waals surface area contributed by atoms with E-state index in [-0.39, 0.29) is 11.4 Å². The van der Waals surface area contributed by atoms with Gasteiger partial charge < -0.3 is 15.3 Å². The number of H-pyrrole nitrogens is 1. The Kier molecular flexibility index (Phi) is 4.58. The smallest absolute Gasteiger partial charge is 0.242 e. The van der Waals surface area contributed by atoms with Crippen LogP contribution < -0.4 is 10.5 Å². The van der Waals surface area contributed by atoms with Crippen LogP contribution >= 0.6 is 0 Å². The molecule has 2 heterocycles. The zero-order chi connectivity index (χ0) is 14.6. The van der Waals surface area contributed by atoms with Crippen molar-refractivity contribution in [3.05, 3.63) is 36.2 Å². The van der Waals surface area contributed by atoms with Crippen molar-refractivity contribution >= 4 is 10.0 Å². The molecular formula is C12H19N5O2S. The summed E-state index contributed by atoms with van der Waals surface area (Å²) in [7, 11) is -3.55. The number of imidazole rings is 1. The van der Waals surface area contributed by atoms with Crippen LogP contribution in [-0.2, 0) is 29.7 Å². The minimum Gasteiger partial charge on any atom is -0.349 e. The van der Waals surface area contributed by atoms with Crippen molar-refractivity contribution in [1.82, 2.24) is 19.3 Å². The van der Waals surface area contributed by atoms with E-state index in [4.69, 9.17) is 5.73 Å². The fourth-order valence-electron chi connectivity index (χ4n) is 1.93. The van der Waals surface area contributed by atoms with Gasteiger partial charge in [-0.2, -0.15) is 0 Å². The summed E-state index contributed by atoms with van der Waals surface area (Å²) in [6.07, 6.45) is 5.76. The molecule has 110 valence electrons. The molecule has 0 saturated heterocycles. The van der Waals surface area contributed by atoms with Gasteiger partial charge in [-0.05, 0) is 12.5 Å². The number of rotatable bonds is 7. The lowest BCUT2D eigenvalue weighted by Crippen LogP contribution is -2.23. The standard InChI is InChI=1S/C12H19N5O2S/c1-2-5-17-9-11(6-10(17)7-13)20(18,19)16-8-12-14-3-4-15-12/h3-4,6,9,16H,2,5,7-8,13H2,1H3,(H,14,15). The lowest BCUT2D eigenvalue weighted by molar-refractivity contribution is 0.578. The Bertz CT molecular complexity index is 645. The average Bonchev–Trinajstić information content (AvgIpc) is 3.06. The minimum absolute atomic E-state index is 0.131. The molecule has 20 heavy (non-hydrogen) atoms. The van der Waals surface area contributed by atoms with Gasteiger partial charge in [0.1, 0.15) is 5.82 Å². The van der Waals surface area contributed by atoms with E-state index >= 15 is 0 Å². The molecule has 0 unspecified atom stereocenters. The van der Waals surface area contributed by atoms with Crippen LogP contribution in [0.25, 0.3) is 0 Å². The molecule has 0 fully saturated rings. The Morgan fingerprint density at radius 1 is 1.50 bits per heavy atom. The van der Waals surface area contributed by atoms with Crippen LogP contribution in [0.5, 0.6) is 0 Å². The molecule has 0 radical (unpaired) electrons. The fourth-order valence-corrected chi connectivity index (χ4v) is 2.99. The Morgan fingerprint density at radius 2 is 2.30 bits per heavy atom. The third-order valence-corrected chi connectivity index (χ3v) is 4.30. The SMILES string of the molecule is CCCn1cc(S(=O)(=O)NCc2ncc[nH]2)cc1CN. The maximum atomic E-state index is 12.2. The maximum absolute atomic E-state index is 12.2. The number of aromatic nitrogens is 3. The second kappa shape index (κ2) is 6.21. The molecule has 7 nitrogen and oxygen atoms in total. The predicted molar refractivity (Wildman–Crippen MR) is 75.2 cm³/mol. The number of aromatic amines is 1. The molecular weight excluding hydrogens is 278 g/mol. The quantitative estimate of drug-likeness (QED) is 0.694. The van der Waals surface area contributed by atoms with Gasteiger partial charge in [0.15, 0.2) is 0 Å². The van der Waals surface area contributed by atoms with E-state index in [0.717, 1.165) is 18.7 Å². The Hall–Kier alpha value is -1.64. The summed E-state index contributed by atoms with van der Waals surface area (Å²) in [6, 6.07) is 1.61. The lowest BCUT2D eigenvalue weighted by Gasteiger charge is -2.04. The largest absolute Gasteiger partial charge is 0.349 e. The summed E-state index contributed by atoms with van der Waals surface area (Å²) in [5.41, 5.74) is 6.45. The second-order valence-electron chi connectivity index (χ2n) is 4.43. The van der Waals surface area contributed by atoms with Gasteiger partial charge in [-0.3, -0.25) is 0 Å². The van der Waals surface area contributed by atoms with Gasteiger partial charge >= 0.3 is 0 Å². The normalized spacial score (nSPS) is 11.9. The van der Waals surface area contributed by atoms with Gasteiger partial charge in [-0.25, -0.2) is 18.1 Å². The van der Waals surface area contributed by atoms with Crippen LogP contribution in [0, 0.1) is 0 Å². The van der Waals surface area contributed by atoms with Gasteiger partial charge in [-0.1, -0.05) is 6.92 Å². The zero-order valence-electron chi connectivity index (χ0n) is 11.3. The van der Waals surface area contributed by atoms with E-state index in [2.05, 4.69) is 14.7 Å². The van der Waals surface area contributed by atoms with Crippen LogP contribution in [0.15, 0.2) is 29.6 Å². The molecule has 0 bridgehead atoms. The van der Waals surface area contributed by atoms with E-state index in [1.54, 1.807) is 24.7 Å². The molecule has 0 atom stereocenters. The molecule has 8 heteroatoms. The Morgan fingerprint density at radius 3 is 2.90 bits per heavy atom. The van der Waals surface area contributed by atoms with Crippen LogP contribution in [0.4, 0.5) is 0 Å². The Labute approximate surface area is 118 Å². The lowest BCUT2D eigenvalue weighted by atomic mass is 10.4. The topological polar surface area (TPSA) is 106 Å². The number of hydrogen-bond donors (Lipinski definition) is 3. The van der Waals surface area contributed by atoms with Gasteiger partial charge in [-0.15, -0.1) is 0 Å². The van der Waals surface area contributed by atoms with Crippen LogP contribution in [0.1, 0.15) is 24.9 Å². The summed E-state index contributed by atoms with van der Waals surface area (Å²) >= 11 is 0. The third-order valence-electron chi connectivity index (χ3n) is 2.93. The highest BCUT2D eigenvalue weighted by molar-refractivity contribution is 7.89. The summed E-state index contributed by atoms with van der Waals surface area (Å²) < 4.78 is 28.8. The molecule has 0 aliphatic rings. The number of sulfonamides is 1. The van der Waals surface area contributed by atoms with Crippen molar-refractivity contribution in [1.29, 1.82) is 0 Å². The highest BCUT2D eigenvalue weighted by Gasteiger charge is 2.18. The summed E-state index contributed by atoms with van der Waals surface area (Å²) in [5, 5.41) is 0. The minimum atomic E-state index is -3.55. The first-order chi connectivity index (χ1) is 9.56. The molecule has 2 aromatic heterocycles. The number of nitrogens with zero attached hydrogens (tertiary/aromatic N) is 2. The monoisotopic (exact) mass is 297 g/mol. The highest BCUT2D eigenvalue weighted by Crippen LogP contribution is 2.15. The molecule has 2 rings (SSSR count). The van der Waals surface area contributed by atoms with Gasteiger partial charge in [0.2, 0.25) is 10.0 Å². The fraction of sp³-hybridized carbons (Fsp3) is 0.417. The van der Waals surface area contributed by atoms with Crippen molar-refractivity contribution in [2.45, 2.75) is 37.9 Å². The number of nitrogens with one attached hydrogen (secondary N) is 2. The first-order valence-corrected chi connectivity index (χ1v) is 7.92. The Balaban J connectivity index is 2.16. The van der Waals surface area contributed by atoms with Crippen molar-refractivity contribution in [2.75, 3.05) is 0 Å².